The van der Waals surface area contributed by atoms with Crippen molar-refractivity contribution in [2.45, 2.75) is 83.1 Å². The van der Waals surface area contributed by atoms with E-state index in [9.17, 15) is 20.3 Å². The molecule has 1 amide bonds. The first-order chi connectivity index (χ1) is 20.8. The van der Waals surface area contributed by atoms with Crippen molar-refractivity contribution in [3.63, 3.8) is 0 Å². The molecular formula is C34H44N4O5Si. The molecule has 3 aliphatic rings. The van der Waals surface area contributed by atoms with Gasteiger partial charge in [-0.05, 0) is 71.7 Å². The Labute approximate surface area is 260 Å². The third-order valence-corrected chi connectivity index (χ3v) is 10.5. The van der Waals surface area contributed by atoms with Gasteiger partial charge in [0, 0.05) is 38.5 Å². The van der Waals surface area contributed by atoms with Gasteiger partial charge in [0.05, 0.1) is 13.2 Å². The van der Waals surface area contributed by atoms with Gasteiger partial charge < -0.3 is 29.6 Å². The molecule has 10 heteroatoms. The van der Waals surface area contributed by atoms with Gasteiger partial charge in [-0.15, -0.1) is 0 Å². The van der Waals surface area contributed by atoms with Gasteiger partial charge >= 0.3 is 0 Å². The Morgan fingerprint density at radius 3 is 2.66 bits per heavy atom. The van der Waals surface area contributed by atoms with E-state index in [4.69, 9.17) is 9.47 Å². The lowest BCUT2D eigenvalue weighted by molar-refractivity contribution is -0.109. The molecule has 0 spiro atoms. The summed E-state index contributed by atoms with van der Waals surface area (Å²) < 4.78 is 13.6. The van der Waals surface area contributed by atoms with Crippen LogP contribution >= 0.6 is 0 Å². The number of nitrogens with zero attached hydrogens (tertiary/aromatic N) is 3. The van der Waals surface area contributed by atoms with Crippen molar-refractivity contribution >= 4 is 30.8 Å². The lowest BCUT2D eigenvalue weighted by Gasteiger charge is -2.38. The number of aliphatic hydroxyl groups excluding tert-OH is 2. The molecule has 0 saturated carbocycles. The molecule has 2 unspecified atom stereocenters. The highest BCUT2D eigenvalue weighted by atomic mass is 28.3. The number of nitriles is 1. The summed E-state index contributed by atoms with van der Waals surface area (Å²) >= 11 is 0. The number of fused-ring (bicyclic) bond motifs is 2. The molecule has 44 heavy (non-hydrogen) atoms. The quantitative estimate of drug-likeness (QED) is 0.167. The number of carbonyl (C=O) groups excluding carboxylic acids is 1. The summed E-state index contributed by atoms with van der Waals surface area (Å²) in [5.41, 5.74) is 3.14. The maximum atomic E-state index is 13.7. The fraction of sp³-hybridized carbons (Fsp3) is 0.500. The number of hydrogen-bond acceptors (Lipinski definition) is 7. The summed E-state index contributed by atoms with van der Waals surface area (Å²) in [6, 6.07) is 8.96. The van der Waals surface area contributed by atoms with Crippen LogP contribution in [0.3, 0.4) is 0 Å². The van der Waals surface area contributed by atoms with Crippen molar-refractivity contribution in [2.75, 3.05) is 25.1 Å². The normalized spacial score (nSPS) is 24.0. The van der Waals surface area contributed by atoms with Crippen LogP contribution in [0.15, 0.2) is 48.7 Å². The minimum absolute atomic E-state index is 0.118. The third-order valence-electron chi connectivity index (χ3n) is 8.76. The average molecular weight is 617 g/mol. The number of hydrogen-bond donors (Lipinski definition) is 3. The van der Waals surface area contributed by atoms with E-state index in [1.54, 1.807) is 10.8 Å². The Hall–Kier alpha value is -3.33. The number of anilines is 1. The minimum atomic E-state index is -1.28. The second kappa shape index (κ2) is 12.2. The van der Waals surface area contributed by atoms with E-state index in [1.165, 1.54) is 0 Å². The maximum Gasteiger partial charge on any atom is 0.291 e. The van der Waals surface area contributed by atoms with Crippen LogP contribution in [0.5, 0.6) is 0 Å². The first kappa shape index (κ1) is 32.1. The van der Waals surface area contributed by atoms with Crippen LogP contribution in [0.25, 0.3) is 11.1 Å². The number of aliphatic hydroxyl groups is 2. The van der Waals surface area contributed by atoms with E-state index in [-0.39, 0.29) is 36.9 Å². The van der Waals surface area contributed by atoms with Crippen molar-refractivity contribution in [1.29, 1.82) is 5.26 Å². The summed E-state index contributed by atoms with van der Waals surface area (Å²) in [6.07, 6.45) is 12.7. The Morgan fingerprint density at radius 1 is 1.20 bits per heavy atom. The summed E-state index contributed by atoms with van der Waals surface area (Å²) in [7, 11) is -1.28. The molecule has 2 atom stereocenters. The summed E-state index contributed by atoms with van der Waals surface area (Å²) in [4.78, 5) is 18.0. The van der Waals surface area contributed by atoms with Crippen molar-refractivity contribution in [3.8, 4) is 6.07 Å². The van der Waals surface area contributed by atoms with Gasteiger partial charge in [-0.25, -0.2) is 4.98 Å². The predicted octanol–water partition coefficient (Wildman–Crippen LogP) is 5.75. The molecule has 3 heterocycles. The van der Waals surface area contributed by atoms with Crippen LogP contribution in [0, 0.1) is 16.7 Å². The molecule has 2 aliphatic heterocycles. The van der Waals surface area contributed by atoms with Crippen molar-refractivity contribution in [2.24, 2.45) is 5.41 Å². The molecule has 0 fully saturated rings. The van der Waals surface area contributed by atoms with Crippen LogP contribution in [0.4, 0.5) is 5.69 Å². The molecule has 0 radical (unpaired) electrons. The highest BCUT2D eigenvalue weighted by Crippen LogP contribution is 2.46. The number of imidazole rings is 1. The van der Waals surface area contributed by atoms with E-state index < -0.39 is 25.2 Å². The minimum Gasteiger partial charge on any atom is -0.393 e. The fourth-order valence-electron chi connectivity index (χ4n) is 5.95. The van der Waals surface area contributed by atoms with Gasteiger partial charge in [0.15, 0.2) is 5.69 Å². The first-order valence-corrected chi connectivity index (χ1v) is 19.0. The molecule has 5 rings (SSSR count). The number of rotatable bonds is 11. The third kappa shape index (κ3) is 6.98. The van der Waals surface area contributed by atoms with Gasteiger partial charge in [-0.2, -0.15) is 5.26 Å². The largest absolute Gasteiger partial charge is 0.393 e. The van der Waals surface area contributed by atoms with E-state index in [0.29, 0.717) is 18.7 Å². The zero-order valence-corrected chi connectivity index (χ0v) is 27.4. The highest BCUT2D eigenvalue weighted by molar-refractivity contribution is 6.76. The molecule has 0 saturated heterocycles. The van der Waals surface area contributed by atoms with E-state index in [1.807, 2.05) is 36.4 Å². The van der Waals surface area contributed by atoms with Gasteiger partial charge in [-0.1, -0.05) is 51.7 Å². The molecule has 234 valence electrons. The number of carbonyl (C=O) groups is 1. The Morgan fingerprint density at radius 2 is 2.00 bits per heavy atom. The van der Waals surface area contributed by atoms with Gasteiger partial charge in [0.2, 0.25) is 5.82 Å². The summed E-state index contributed by atoms with van der Waals surface area (Å²) in [5, 5.41) is 32.9. The predicted molar refractivity (Wildman–Crippen MR) is 174 cm³/mol. The van der Waals surface area contributed by atoms with Gasteiger partial charge in [0.25, 0.3) is 5.91 Å². The number of aromatic nitrogens is 2. The lowest BCUT2D eigenvalue weighted by Crippen LogP contribution is -2.44. The zero-order valence-electron chi connectivity index (χ0n) is 26.4. The number of benzene rings is 1. The number of ether oxygens (including phenoxy) is 2. The smallest absolute Gasteiger partial charge is 0.291 e. The van der Waals surface area contributed by atoms with E-state index in [0.717, 1.165) is 47.6 Å². The second-order valence-electron chi connectivity index (χ2n) is 14.3. The maximum absolute atomic E-state index is 13.7. The van der Waals surface area contributed by atoms with Crippen molar-refractivity contribution < 1.29 is 24.5 Å². The van der Waals surface area contributed by atoms with Crippen LogP contribution in [-0.2, 0) is 16.2 Å². The molecule has 3 N–H and O–H groups in total. The monoisotopic (exact) mass is 616 g/mol. The Kier molecular flexibility index (Phi) is 8.91. The Balaban J connectivity index is 1.46. The van der Waals surface area contributed by atoms with E-state index in [2.05, 4.69) is 55.9 Å². The number of amides is 1. The standard InChI is InChI=1S/C34H44N4O5Si/c1-32(2)10-8-24(9-11-32)28-16-25(26-17-33(21-39)12-13-34(18-26,22-40)43-33)6-7-29(28)37-31(41)30-36-27(19-35)20-38(30)23-42-14-15-44(3,4)5/h6-8,12-13,16-17,20,39-40H,9-11,14-15,18,21-23H2,1-5H3,(H,37,41). The van der Waals surface area contributed by atoms with Gasteiger partial charge in [-0.3, -0.25) is 4.79 Å². The average Bonchev–Trinajstić information content (AvgIpc) is 3.53. The van der Waals surface area contributed by atoms with Crippen LogP contribution in [0.2, 0.25) is 25.7 Å². The SMILES string of the molecule is CC1(C)CC=C(c2cc(C3=CC4(CO)C=CC(CO)(C3)O4)ccc2NC(=O)c2nc(C#N)cn2COCC[Si](C)(C)C)CC1. The lowest BCUT2D eigenvalue weighted by atomic mass is 9.76. The molecule has 1 aliphatic carbocycles. The summed E-state index contributed by atoms with van der Waals surface area (Å²) in [5.74, 6) is -0.301. The number of allylic oxidation sites excluding steroid dienone is 2. The van der Waals surface area contributed by atoms with Crippen molar-refractivity contribution in [1.82, 2.24) is 9.55 Å². The number of nitrogens with one attached hydrogen (secondary N) is 1. The van der Waals surface area contributed by atoms with Crippen molar-refractivity contribution in [3.05, 3.63) is 71.3 Å². The molecule has 9 nitrogen and oxygen atoms in total. The van der Waals surface area contributed by atoms with Crippen LogP contribution in [-0.4, -0.2) is 64.8 Å². The zero-order chi connectivity index (χ0) is 31.8. The first-order valence-electron chi connectivity index (χ1n) is 15.3. The van der Waals surface area contributed by atoms with Crippen LogP contribution < -0.4 is 5.32 Å². The topological polar surface area (TPSA) is 130 Å². The molecular weight excluding hydrogens is 572 g/mol. The highest BCUT2D eigenvalue weighted by Gasteiger charge is 2.47. The fourth-order valence-corrected chi connectivity index (χ4v) is 6.70. The molecule has 1 aromatic carbocycles. The molecule has 2 aromatic rings. The summed E-state index contributed by atoms with van der Waals surface area (Å²) in [6.45, 7) is 11.7. The van der Waals surface area contributed by atoms with E-state index >= 15 is 0 Å². The van der Waals surface area contributed by atoms with Gasteiger partial charge in [0.1, 0.15) is 24.0 Å². The second-order valence-corrected chi connectivity index (χ2v) is 19.9. The molecule has 2 bridgehead atoms. The van der Waals surface area contributed by atoms with Crippen LogP contribution in [0.1, 0.15) is 67.0 Å². The Bertz CT molecular complexity index is 1560. The molecule has 1 aromatic heterocycles.